The number of ether oxygens (including phenoxy) is 1. The maximum absolute atomic E-state index is 13.6. The van der Waals surface area contributed by atoms with Gasteiger partial charge in [-0.15, -0.1) is 0 Å². The molecule has 0 amide bonds. The van der Waals surface area contributed by atoms with Crippen LogP contribution in [0.1, 0.15) is 5.69 Å². The van der Waals surface area contributed by atoms with E-state index in [0.29, 0.717) is 11.4 Å². The number of para-hydroxylation sites is 2. The maximum atomic E-state index is 13.6. The molecule has 2 aromatic heterocycles. The molecule has 4 rings (SSSR count). The third-order valence-electron chi connectivity index (χ3n) is 4.48. The molecule has 0 aliphatic carbocycles. The molecule has 7 heteroatoms. The smallest absolute Gasteiger partial charge is 0.268 e. The predicted octanol–water partition coefficient (Wildman–Crippen LogP) is 3.74. The molecule has 0 spiro atoms. The van der Waals surface area contributed by atoms with Crippen LogP contribution >= 0.6 is 0 Å². The number of pyridine rings is 1. The molecule has 0 radical (unpaired) electrons. The summed E-state index contributed by atoms with van der Waals surface area (Å²) in [7, 11) is -2.41. The molecule has 2 heterocycles. The minimum atomic E-state index is -3.87. The van der Waals surface area contributed by atoms with Crippen LogP contribution in [0.2, 0.25) is 0 Å². The molecule has 28 heavy (non-hydrogen) atoms. The minimum absolute atomic E-state index is 0.121. The summed E-state index contributed by atoms with van der Waals surface area (Å²) < 4.78 is 35.7. The number of rotatable bonds is 6. The SMILES string of the molecule is COc1ccccc1S(=O)(=O)N(Cc1cnc2ccccn12)c1ccccc1. The van der Waals surface area contributed by atoms with Crippen molar-refractivity contribution in [2.75, 3.05) is 11.4 Å². The highest BCUT2D eigenvalue weighted by Gasteiger charge is 2.29. The van der Waals surface area contributed by atoms with Crippen molar-refractivity contribution in [2.45, 2.75) is 11.4 Å². The number of imidazole rings is 1. The maximum Gasteiger partial charge on any atom is 0.268 e. The number of aromatic nitrogens is 2. The first-order valence-electron chi connectivity index (χ1n) is 8.73. The zero-order chi connectivity index (χ0) is 19.6. The highest BCUT2D eigenvalue weighted by Crippen LogP contribution is 2.31. The summed E-state index contributed by atoms with van der Waals surface area (Å²) in [4.78, 5) is 4.49. The van der Waals surface area contributed by atoms with Crippen LogP contribution in [0, 0.1) is 0 Å². The van der Waals surface area contributed by atoms with E-state index in [1.165, 1.54) is 11.4 Å². The molecule has 0 N–H and O–H groups in total. The Labute approximate surface area is 163 Å². The molecule has 0 fully saturated rings. The molecule has 0 aliphatic heterocycles. The van der Waals surface area contributed by atoms with Crippen molar-refractivity contribution < 1.29 is 13.2 Å². The Morgan fingerprint density at radius 1 is 0.964 bits per heavy atom. The fourth-order valence-corrected chi connectivity index (χ4v) is 4.70. The number of sulfonamides is 1. The molecule has 4 aromatic rings. The van der Waals surface area contributed by atoms with Crippen LogP contribution < -0.4 is 9.04 Å². The fourth-order valence-electron chi connectivity index (χ4n) is 3.11. The number of nitrogens with zero attached hydrogens (tertiary/aromatic N) is 3. The van der Waals surface area contributed by atoms with Crippen LogP contribution in [0.4, 0.5) is 5.69 Å². The summed E-state index contributed by atoms with van der Waals surface area (Å²) in [6, 6.07) is 21.3. The van der Waals surface area contributed by atoms with Crippen LogP contribution in [0.25, 0.3) is 5.65 Å². The first kappa shape index (κ1) is 18.1. The van der Waals surface area contributed by atoms with Gasteiger partial charge in [0, 0.05) is 6.20 Å². The van der Waals surface area contributed by atoms with Gasteiger partial charge < -0.3 is 9.14 Å². The van der Waals surface area contributed by atoms with E-state index in [1.807, 2.05) is 47.0 Å². The molecule has 6 nitrogen and oxygen atoms in total. The van der Waals surface area contributed by atoms with Gasteiger partial charge in [-0.05, 0) is 36.4 Å². The van der Waals surface area contributed by atoms with Gasteiger partial charge in [0.1, 0.15) is 16.3 Å². The van der Waals surface area contributed by atoms with E-state index < -0.39 is 10.0 Å². The van der Waals surface area contributed by atoms with Crippen LogP contribution in [0.15, 0.2) is 90.1 Å². The van der Waals surface area contributed by atoms with E-state index in [0.717, 1.165) is 11.3 Å². The van der Waals surface area contributed by atoms with Gasteiger partial charge in [0.25, 0.3) is 10.0 Å². The van der Waals surface area contributed by atoms with Gasteiger partial charge in [-0.2, -0.15) is 0 Å². The van der Waals surface area contributed by atoms with Gasteiger partial charge in [-0.3, -0.25) is 4.31 Å². The van der Waals surface area contributed by atoms with Crippen molar-refractivity contribution in [3.05, 3.63) is 90.9 Å². The van der Waals surface area contributed by atoms with Gasteiger partial charge in [-0.1, -0.05) is 36.4 Å². The minimum Gasteiger partial charge on any atom is -0.495 e. The van der Waals surface area contributed by atoms with Crippen LogP contribution in [0.3, 0.4) is 0 Å². The summed E-state index contributed by atoms with van der Waals surface area (Å²) >= 11 is 0. The summed E-state index contributed by atoms with van der Waals surface area (Å²) in [5, 5.41) is 0. The fraction of sp³-hybridized carbons (Fsp3) is 0.0952. The average molecular weight is 393 g/mol. The Bertz CT molecular complexity index is 1200. The number of methoxy groups -OCH3 is 1. The van der Waals surface area contributed by atoms with E-state index >= 15 is 0 Å². The normalized spacial score (nSPS) is 11.5. The molecule has 0 unspecified atom stereocenters. The lowest BCUT2D eigenvalue weighted by molar-refractivity contribution is 0.402. The first-order valence-corrected chi connectivity index (χ1v) is 10.2. The van der Waals surface area contributed by atoms with E-state index in [4.69, 9.17) is 4.74 Å². The lowest BCUT2D eigenvalue weighted by atomic mass is 10.3. The predicted molar refractivity (Wildman–Crippen MR) is 108 cm³/mol. The average Bonchev–Trinajstić information content (AvgIpc) is 3.15. The lowest BCUT2D eigenvalue weighted by Gasteiger charge is -2.25. The van der Waals surface area contributed by atoms with Crippen molar-refractivity contribution in [3.63, 3.8) is 0 Å². The Kier molecular flexibility index (Phi) is 4.75. The molecule has 0 saturated carbocycles. The van der Waals surface area contributed by atoms with E-state index in [2.05, 4.69) is 4.98 Å². The summed E-state index contributed by atoms with van der Waals surface area (Å²) in [6.07, 6.45) is 3.57. The Hall–Kier alpha value is -3.32. The second kappa shape index (κ2) is 7.36. The quantitative estimate of drug-likeness (QED) is 0.501. The van der Waals surface area contributed by atoms with E-state index in [1.54, 1.807) is 42.6 Å². The van der Waals surface area contributed by atoms with Gasteiger partial charge in [-0.25, -0.2) is 13.4 Å². The third-order valence-corrected chi connectivity index (χ3v) is 6.29. The topological polar surface area (TPSA) is 63.9 Å². The summed E-state index contributed by atoms with van der Waals surface area (Å²) in [5.41, 5.74) is 2.09. The molecule has 0 atom stereocenters. The second-order valence-electron chi connectivity index (χ2n) is 6.18. The highest BCUT2D eigenvalue weighted by molar-refractivity contribution is 7.92. The van der Waals surface area contributed by atoms with Crippen molar-refractivity contribution in [1.82, 2.24) is 9.38 Å². The zero-order valence-electron chi connectivity index (χ0n) is 15.3. The summed E-state index contributed by atoms with van der Waals surface area (Å²) in [6.45, 7) is 0.134. The lowest BCUT2D eigenvalue weighted by Crippen LogP contribution is -2.31. The van der Waals surface area contributed by atoms with Crippen molar-refractivity contribution in [3.8, 4) is 5.75 Å². The first-order chi connectivity index (χ1) is 13.6. The van der Waals surface area contributed by atoms with Gasteiger partial charge in [0.05, 0.1) is 31.2 Å². The number of hydrogen-bond acceptors (Lipinski definition) is 4. The molecule has 0 aliphatic rings. The third kappa shape index (κ3) is 3.20. The van der Waals surface area contributed by atoms with Crippen LogP contribution in [-0.4, -0.2) is 24.9 Å². The van der Waals surface area contributed by atoms with E-state index in [9.17, 15) is 8.42 Å². The Balaban J connectivity index is 1.85. The van der Waals surface area contributed by atoms with Crippen molar-refractivity contribution >= 4 is 21.4 Å². The number of hydrogen-bond donors (Lipinski definition) is 0. The van der Waals surface area contributed by atoms with Gasteiger partial charge in [0.15, 0.2) is 0 Å². The van der Waals surface area contributed by atoms with E-state index in [-0.39, 0.29) is 11.4 Å². The monoisotopic (exact) mass is 393 g/mol. The molecule has 142 valence electrons. The largest absolute Gasteiger partial charge is 0.495 e. The Morgan fingerprint density at radius 2 is 1.68 bits per heavy atom. The molecule has 0 saturated heterocycles. The van der Waals surface area contributed by atoms with Crippen LogP contribution in [-0.2, 0) is 16.6 Å². The summed E-state index contributed by atoms with van der Waals surface area (Å²) in [5.74, 6) is 0.307. The molecule has 2 aromatic carbocycles. The molecule has 0 bridgehead atoms. The number of anilines is 1. The standard InChI is InChI=1S/C21H19N3O3S/c1-27-19-11-5-6-12-20(19)28(25,26)24(17-9-3-2-4-10-17)16-18-15-22-21-13-7-8-14-23(18)21/h2-15H,16H2,1H3. The number of benzene rings is 2. The van der Waals surface area contributed by atoms with Gasteiger partial charge in [0.2, 0.25) is 0 Å². The van der Waals surface area contributed by atoms with Crippen LogP contribution in [0.5, 0.6) is 5.75 Å². The van der Waals surface area contributed by atoms with Crippen molar-refractivity contribution in [2.24, 2.45) is 0 Å². The van der Waals surface area contributed by atoms with Crippen molar-refractivity contribution in [1.29, 1.82) is 0 Å². The number of fused-ring (bicyclic) bond motifs is 1. The van der Waals surface area contributed by atoms with Gasteiger partial charge >= 0.3 is 0 Å². The molecular weight excluding hydrogens is 374 g/mol. The Morgan fingerprint density at radius 3 is 2.46 bits per heavy atom. The second-order valence-corrected chi connectivity index (χ2v) is 8.01. The molecular formula is C21H19N3O3S. The zero-order valence-corrected chi connectivity index (χ0v) is 16.1. The highest BCUT2D eigenvalue weighted by atomic mass is 32.2.